The van der Waals surface area contributed by atoms with Gasteiger partial charge in [0.2, 0.25) is 23.6 Å². The lowest BCUT2D eigenvalue weighted by molar-refractivity contribution is -0.140. The number of benzene rings is 1. The Morgan fingerprint density at radius 3 is 2.45 bits per heavy atom. The van der Waals surface area contributed by atoms with Crippen LogP contribution in [0.25, 0.3) is 0 Å². The highest BCUT2D eigenvalue weighted by atomic mass is 16.2. The van der Waals surface area contributed by atoms with E-state index in [0.717, 1.165) is 12.0 Å². The van der Waals surface area contributed by atoms with Crippen molar-refractivity contribution in [2.45, 2.75) is 64.1 Å². The summed E-state index contributed by atoms with van der Waals surface area (Å²) in [5.41, 5.74) is 6.50. The third-order valence-corrected chi connectivity index (χ3v) is 5.08. The highest BCUT2D eigenvalue weighted by Crippen LogP contribution is 2.17. The Balaban J connectivity index is 1.75. The van der Waals surface area contributed by atoms with Crippen LogP contribution in [0.15, 0.2) is 30.3 Å². The van der Waals surface area contributed by atoms with E-state index < -0.39 is 29.9 Å². The van der Waals surface area contributed by atoms with Gasteiger partial charge in [-0.3, -0.25) is 19.2 Å². The fourth-order valence-corrected chi connectivity index (χ4v) is 3.45. The molecule has 1 heterocycles. The van der Waals surface area contributed by atoms with Crippen molar-refractivity contribution in [1.29, 1.82) is 0 Å². The SMILES string of the molecule is C[C@H](NC(=O)CCCc1ccccc1)C(=O)N[C@@H](C)C(=O)N1CCC[C@H]1C(N)=O. The largest absolute Gasteiger partial charge is 0.368 e. The van der Waals surface area contributed by atoms with Gasteiger partial charge in [-0.1, -0.05) is 30.3 Å². The van der Waals surface area contributed by atoms with E-state index in [2.05, 4.69) is 10.6 Å². The minimum atomic E-state index is -0.806. The summed E-state index contributed by atoms with van der Waals surface area (Å²) < 4.78 is 0. The second-order valence-electron chi connectivity index (χ2n) is 7.45. The predicted octanol–water partition coefficient (Wildman–Crippen LogP) is 0.495. The van der Waals surface area contributed by atoms with Crippen LogP contribution in [-0.4, -0.2) is 53.2 Å². The van der Waals surface area contributed by atoms with Crippen molar-refractivity contribution in [3.63, 3.8) is 0 Å². The number of amides is 4. The van der Waals surface area contributed by atoms with Crippen LogP contribution in [-0.2, 0) is 25.6 Å². The molecule has 0 aromatic heterocycles. The first-order valence-corrected chi connectivity index (χ1v) is 10.0. The zero-order valence-electron chi connectivity index (χ0n) is 17.0. The molecular weight excluding hydrogens is 372 g/mol. The van der Waals surface area contributed by atoms with Crippen LogP contribution in [0.4, 0.5) is 0 Å². The molecule has 1 saturated heterocycles. The Labute approximate surface area is 171 Å². The van der Waals surface area contributed by atoms with Gasteiger partial charge in [0.25, 0.3) is 0 Å². The molecule has 158 valence electrons. The summed E-state index contributed by atoms with van der Waals surface area (Å²) in [5, 5.41) is 5.26. The highest BCUT2D eigenvalue weighted by Gasteiger charge is 2.35. The molecule has 1 aliphatic heterocycles. The smallest absolute Gasteiger partial charge is 0.245 e. The summed E-state index contributed by atoms with van der Waals surface area (Å²) in [6, 6.07) is 7.68. The number of rotatable bonds is 9. The normalized spacial score (nSPS) is 18.0. The number of nitrogens with two attached hydrogens (primary N) is 1. The summed E-state index contributed by atoms with van der Waals surface area (Å²) in [7, 11) is 0. The third kappa shape index (κ3) is 6.58. The molecule has 0 spiro atoms. The van der Waals surface area contributed by atoms with Gasteiger partial charge in [-0.15, -0.1) is 0 Å². The Morgan fingerprint density at radius 1 is 1.10 bits per heavy atom. The Bertz CT molecular complexity index is 737. The summed E-state index contributed by atoms with van der Waals surface area (Å²) in [6.07, 6.45) is 3.03. The van der Waals surface area contributed by atoms with Gasteiger partial charge in [-0.05, 0) is 45.1 Å². The zero-order chi connectivity index (χ0) is 21.4. The molecule has 0 bridgehead atoms. The number of nitrogens with one attached hydrogen (secondary N) is 2. The van der Waals surface area contributed by atoms with Crippen LogP contribution in [0.3, 0.4) is 0 Å². The molecule has 0 unspecified atom stereocenters. The zero-order valence-corrected chi connectivity index (χ0v) is 17.0. The molecule has 8 heteroatoms. The van der Waals surface area contributed by atoms with E-state index in [0.29, 0.717) is 32.2 Å². The molecule has 3 atom stereocenters. The van der Waals surface area contributed by atoms with E-state index in [1.807, 2.05) is 30.3 Å². The average molecular weight is 402 g/mol. The van der Waals surface area contributed by atoms with Crippen LogP contribution < -0.4 is 16.4 Å². The lowest BCUT2D eigenvalue weighted by Gasteiger charge is -2.26. The maximum atomic E-state index is 12.5. The van der Waals surface area contributed by atoms with Gasteiger partial charge in [0.1, 0.15) is 18.1 Å². The van der Waals surface area contributed by atoms with Gasteiger partial charge in [-0.25, -0.2) is 0 Å². The van der Waals surface area contributed by atoms with E-state index in [9.17, 15) is 19.2 Å². The van der Waals surface area contributed by atoms with Crippen molar-refractivity contribution in [3.05, 3.63) is 35.9 Å². The maximum absolute atomic E-state index is 12.5. The van der Waals surface area contributed by atoms with Crippen molar-refractivity contribution in [2.75, 3.05) is 6.54 Å². The summed E-state index contributed by atoms with van der Waals surface area (Å²) in [6.45, 7) is 3.58. The third-order valence-electron chi connectivity index (χ3n) is 5.08. The van der Waals surface area contributed by atoms with E-state index in [1.54, 1.807) is 13.8 Å². The van der Waals surface area contributed by atoms with Gasteiger partial charge >= 0.3 is 0 Å². The van der Waals surface area contributed by atoms with E-state index in [4.69, 9.17) is 5.73 Å². The number of nitrogens with zero attached hydrogens (tertiary/aromatic N) is 1. The Kier molecular flexibility index (Phi) is 8.18. The number of carbonyl (C=O) groups is 4. The molecule has 2 rings (SSSR count). The minimum absolute atomic E-state index is 0.212. The van der Waals surface area contributed by atoms with Crippen LogP contribution in [0, 0.1) is 0 Å². The lowest BCUT2D eigenvalue weighted by atomic mass is 10.1. The molecule has 29 heavy (non-hydrogen) atoms. The molecule has 1 fully saturated rings. The monoisotopic (exact) mass is 402 g/mol. The number of aryl methyl sites for hydroxylation is 1. The van der Waals surface area contributed by atoms with E-state index in [-0.39, 0.29) is 11.8 Å². The molecule has 4 N–H and O–H groups in total. The summed E-state index contributed by atoms with van der Waals surface area (Å²) >= 11 is 0. The van der Waals surface area contributed by atoms with Crippen molar-refractivity contribution in [3.8, 4) is 0 Å². The number of hydrogen-bond donors (Lipinski definition) is 3. The Hall–Kier alpha value is -2.90. The first-order valence-electron chi connectivity index (χ1n) is 10.0. The predicted molar refractivity (Wildman–Crippen MR) is 109 cm³/mol. The molecule has 4 amide bonds. The van der Waals surface area contributed by atoms with E-state index in [1.165, 1.54) is 4.90 Å². The highest BCUT2D eigenvalue weighted by molar-refractivity contribution is 5.93. The second kappa shape index (κ2) is 10.6. The standard InChI is InChI=1S/C21H30N4O4/c1-14(23-18(26)12-6-10-16-8-4-3-5-9-16)20(28)24-15(2)21(29)25-13-7-11-17(25)19(22)27/h3-5,8-9,14-15,17H,6-7,10-13H2,1-2H3,(H2,22,27)(H,23,26)(H,24,28)/t14-,15-,17-/m0/s1. The van der Waals surface area contributed by atoms with Crippen LogP contribution in [0.5, 0.6) is 0 Å². The molecule has 0 radical (unpaired) electrons. The minimum Gasteiger partial charge on any atom is -0.368 e. The first kappa shape index (κ1) is 22.4. The fourth-order valence-electron chi connectivity index (χ4n) is 3.45. The van der Waals surface area contributed by atoms with Crippen LogP contribution in [0.1, 0.15) is 45.1 Å². The van der Waals surface area contributed by atoms with Gasteiger partial charge in [0, 0.05) is 13.0 Å². The van der Waals surface area contributed by atoms with Crippen molar-refractivity contribution in [2.24, 2.45) is 5.73 Å². The van der Waals surface area contributed by atoms with Gasteiger partial charge in [0.05, 0.1) is 0 Å². The van der Waals surface area contributed by atoms with Crippen LogP contribution in [0.2, 0.25) is 0 Å². The van der Waals surface area contributed by atoms with Crippen LogP contribution >= 0.6 is 0 Å². The average Bonchev–Trinajstić information content (AvgIpc) is 3.18. The number of carbonyl (C=O) groups excluding carboxylic acids is 4. The Morgan fingerprint density at radius 2 is 1.79 bits per heavy atom. The maximum Gasteiger partial charge on any atom is 0.245 e. The number of hydrogen-bond acceptors (Lipinski definition) is 4. The summed E-state index contributed by atoms with van der Waals surface area (Å²) in [4.78, 5) is 49.8. The number of likely N-dealkylation sites (tertiary alicyclic amines) is 1. The van der Waals surface area contributed by atoms with Crippen molar-refractivity contribution < 1.29 is 19.2 Å². The van der Waals surface area contributed by atoms with Gasteiger partial charge < -0.3 is 21.3 Å². The van der Waals surface area contributed by atoms with E-state index >= 15 is 0 Å². The van der Waals surface area contributed by atoms with Gasteiger partial charge in [0.15, 0.2) is 0 Å². The molecule has 8 nitrogen and oxygen atoms in total. The summed E-state index contributed by atoms with van der Waals surface area (Å²) in [5.74, 6) is -1.54. The van der Waals surface area contributed by atoms with Crippen molar-refractivity contribution >= 4 is 23.6 Å². The molecular formula is C21H30N4O4. The molecule has 0 aliphatic carbocycles. The van der Waals surface area contributed by atoms with Gasteiger partial charge in [-0.2, -0.15) is 0 Å². The first-order chi connectivity index (χ1) is 13.8. The van der Waals surface area contributed by atoms with Crippen molar-refractivity contribution in [1.82, 2.24) is 15.5 Å². The molecule has 1 aliphatic rings. The molecule has 0 saturated carbocycles. The molecule has 1 aromatic carbocycles. The topological polar surface area (TPSA) is 122 Å². The quantitative estimate of drug-likeness (QED) is 0.557. The number of primary amides is 1. The second-order valence-corrected chi connectivity index (χ2v) is 7.45. The fraction of sp³-hybridized carbons (Fsp3) is 0.524. The lowest BCUT2D eigenvalue weighted by Crippen LogP contribution is -2.54. The molecule has 1 aromatic rings.